The minimum Gasteiger partial charge on any atom is -0.486 e. The molecule has 0 radical (unpaired) electrons. The first-order chi connectivity index (χ1) is 14.9. The SMILES string of the molecule is O=C1OC(c2ccc(Br)cc2)=N/C1=C\c1cc(Br)c(OCc2ccccc2Cl)c(Br)c1. The second-order valence-corrected chi connectivity index (χ2v) is 9.57. The van der Waals surface area contributed by atoms with E-state index >= 15 is 0 Å². The summed E-state index contributed by atoms with van der Waals surface area (Å²) in [6, 6.07) is 18.6. The van der Waals surface area contributed by atoms with Gasteiger partial charge in [-0.3, -0.25) is 0 Å². The van der Waals surface area contributed by atoms with Gasteiger partial charge in [0, 0.05) is 20.6 Å². The molecule has 0 aromatic heterocycles. The number of hydrogen-bond donors (Lipinski definition) is 0. The molecular weight excluding hydrogens is 613 g/mol. The largest absolute Gasteiger partial charge is 0.486 e. The van der Waals surface area contributed by atoms with Crippen LogP contribution in [0.5, 0.6) is 5.75 Å². The molecule has 0 saturated carbocycles. The molecule has 0 saturated heterocycles. The molecule has 8 heteroatoms. The summed E-state index contributed by atoms with van der Waals surface area (Å²) in [6.45, 7) is 0.324. The zero-order chi connectivity index (χ0) is 22.0. The molecule has 0 amide bonds. The third-order valence-corrected chi connectivity index (χ3v) is 6.44. The number of esters is 1. The topological polar surface area (TPSA) is 47.9 Å². The minimum absolute atomic E-state index is 0.224. The average molecular weight is 627 g/mol. The van der Waals surface area contributed by atoms with Crippen LogP contribution in [0.1, 0.15) is 16.7 Å². The molecule has 4 nitrogen and oxygen atoms in total. The van der Waals surface area contributed by atoms with E-state index in [0.29, 0.717) is 17.4 Å². The van der Waals surface area contributed by atoms with E-state index in [0.717, 1.165) is 30.1 Å². The summed E-state index contributed by atoms with van der Waals surface area (Å²) in [5.74, 6) is 0.418. The van der Waals surface area contributed by atoms with Crippen LogP contribution in [-0.4, -0.2) is 11.9 Å². The zero-order valence-electron chi connectivity index (χ0n) is 15.7. The van der Waals surface area contributed by atoms with Crippen LogP contribution >= 0.6 is 59.4 Å². The number of aliphatic imine (C=N–C) groups is 1. The molecule has 1 aliphatic rings. The highest BCUT2D eigenvalue weighted by Gasteiger charge is 2.24. The highest BCUT2D eigenvalue weighted by Crippen LogP contribution is 2.36. The zero-order valence-corrected chi connectivity index (χ0v) is 21.3. The maximum atomic E-state index is 12.3. The summed E-state index contributed by atoms with van der Waals surface area (Å²) in [5, 5.41) is 0.648. The number of cyclic esters (lactones) is 1. The van der Waals surface area contributed by atoms with Crippen LogP contribution in [0.15, 0.2) is 84.8 Å². The molecular formula is C23H13Br3ClNO3. The first-order valence-electron chi connectivity index (χ1n) is 9.04. The highest BCUT2D eigenvalue weighted by atomic mass is 79.9. The quantitative estimate of drug-likeness (QED) is 0.217. The van der Waals surface area contributed by atoms with E-state index in [1.165, 1.54) is 0 Å². The van der Waals surface area contributed by atoms with Gasteiger partial charge in [0.15, 0.2) is 5.70 Å². The lowest BCUT2D eigenvalue weighted by Gasteiger charge is -2.12. The molecule has 4 rings (SSSR count). The molecule has 0 atom stereocenters. The van der Waals surface area contributed by atoms with Gasteiger partial charge in [0.1, 0.15) is 12.4 Å². The van der Waals surface area contributed by atoms with Gasteiger partial charge in [-0.05, 0) is 86.0 Å². The summed E-state index contributed by atoms with van der Waals surface area (Å²) < 4.78 is 13.7. The van der Waals surface area contributed by atoms with Gasteiger partial charge in [-0.25, -0.2) is 9.79 Å². The van der Waals surface area contributed by atoms with Crippen molar-refractivity contribution in [2.24, 2.45) is 4.99 Å². The van der Waals surface area contributed by atoms with Crippen molar-refractivity contribution in [3.63, 3.8) is 0 Å². The maximum absolute atomic E-state index is 12.3. The van der Waals surface area contributed by atoms with Crippen LogP contribution in [0.25, 0.3) is 6.08 Å². The van der Waals surface area contributed by atoms with Gasteiger partial charge < -0.3 is 9.47 Å². The first-order valence-corrected chi connectivity index (χ1v) is 11.8. The lowest BCUT2D eigenvalue weighted by molar-refractivity contribution is -0.129. The van der Waals surface area contributed by atoms with Crippen molar-refractivity contribution in [3.05, 3.63) is 101 Å². The lowest BCUT2D eigenvalue weighted by atomic mass is 10.2. The molecule has 3 aromatic rings. The van der Waals surface area contributed by atoms with E-state index in [2.05, 4.69) is 52.8 Å². The van der Waals surface area contributed by atoms with Crippen molar-refractivity contribution < 1.29 is 14.3 Å². The summed E-state index contributed by atoms with van der Waals surface area (Å²) in [6.07, 6.45) is 1.67. The molecule has 0 unspecified atom stereocenters. The van der Waals surface area contributed by atoms with E-state index in [4.69, 9.17) is 21.1 Å². The fourth-order valence-corrected chi connectivity index (χ4v) is 4.75. The van der Waals surface area contributed by atoms with Crippen LogP contribution in [-0.2, 0) is 16.1 Å². The average Bonchev–Trinajstić information content (AvgIpc) is 3.09. The smallest absolute Gasteiger partial charge is 0.363 e. The van der Waals surface area contributed by atoms with Crippen molar-refractivity contribution in [1.82, 2.24) is 0 Å². The molecule has 0 bridgehead atoms. The Kier molecular flexibility index (Phi) is 6.96. The van der Waals surface area contributed by atoms with Crippen LogP contribution in [0, 0.1) is 0 Å². The Morgan fingerprint density at radius 2 is 1.68 bits per heavy atom. The Balaban J connectivity index is 1.56. The molecule has 0 spiro atoms. The Hall–Kier alpha value is -1.93. The van der Waals surface area contributed by atoms with Gasteiger partial charge in [-0.2, -0.15) is 0 Å². The van der Waals surface area contributed by atoms with E-state index < -0.39 is 5.97 Å². The second-order valence-electron chi connectivity index (χ2n) is 6.54. The number of rotatable bonds is 5. The molecule has 31 heavy (non-hydrogen) atoms. The standard InChI is InChI=1S/C23H13Br3ClNO3/c24-16-7-5-14(6-8-16)22-28-20(23(29)31-22)11-13-9-17(25)21(18(26)10-13)30-12-15-3-1-2-4-19(15)27/h1-11H,12H2/b20-11-. The third-order valence-electron chi connectivity index (χ3n) is 4.37. The molecule has 1 aliphatic heterocycles. The van der Waals surface area contributed by atoms with Crippen LogP contribution in [0.2, 0.25) is 5.02 Å². The second kappa shape index (κ2) is 9.69. The van der Waals surface area contributed by atoms with Crippen LogP contribution < -0.4 is 4.74 Å². The number of benzene rings is 3. The molecule has 3 aromatic carbocycles. The Labute approximate surface area is 209 Å². The van der Waals surface area contributed by atoms with Gasteiger partial charge >= 0.3 is 5.97 Å². The summed E-state index contributed by atoms with van der Waals surface area (Å²) in [5.41, 5.74) is 2.60. The van der Waals surface area contributed by atoms with Gasteiger partial charge in [0.05, 0.1) is 8.95 Å². The fourth-order valence-electron chi connectivity index (χ4n) is 2.85. The predicted molar refractivity (Wildman–Crippen MR) is 132 cm³/mol. The normalized spacial score (nSPS) is 14.5. The summed E-state index contributed by atoms with van der Waals surface area (Å²) >= 11 is 16.7. The van der Waals surface area contributed by atoms with E-state index in [9.17, 15) is 4.79 Å². The fraction of sp³-hybridized carbons (Fsp3) is 0.0435. The Bertz CT molecular complexity index is 1200. The van der Waals surface area contributed by atoms with Crippen LogP contribution in [0.4, 0.5) is 0 Å². The van der Waals surface area contributed by atoms with E-state index in [1.54, 1.807) is 6.08 Å². The van der Waals surface area contributed by atoms with Gasteiger partial charge in [-0.1, -0.05) is 45.7 Å². The molecule has 1 heterocycles. The third kappa shape index (κ3) is 5.29. The number of carbonyl (C=O) groups excluding carboxylic acids is 1. The van der Waals surface area contributed by atoms with Crippen LogP contribution in [0.3, 0.4) is 0 Å². The van der Waals surface area contributed by atoms with Gasteiger partial charge in [0.25, 0.3) is 0 Å². The van der Waals surface area contributed by atoms with Gasteiger partial charge in [-0.15, -0.1) is 0 Å². The first kappa shape index (κ1) is 22.3. The number of ether oxygens (including phenoxy) is 2. The maximum Gasteiger partial charge on any atom is 0.363 e. The molecule has 0 fully saturated rings. The minimum atomic E-state index is -0.496. The monoisotopic (exact) mass is 623 g/mol. The predicted octanol–water partition coefficient (Wildman–Crippen LogP) is 7.55. The molecule has 156 valence electrons. The van der Waals surface area contributed by atoms with Crippen molar-refractivity contribution >= 4 is 77.3 Å². The Morgan fingerprint density at radius 1 is 1.00 bits per heavy atom. The van der Waals surface area contributed by atoms with Crippen molar-refractivity contribution in [2.75, 3.05) is 0 Å². The molecule has 0 aliphatic carbocycles. The number of halogens is 4. The number of hydrogen-bond acceptors (Lipinski definition) is 4. The lowest BCUT2D eigenvalue weighted by Crippen LogP contribution is -2.05. The van der Waals surface area contributed by atoms with Crippen molar-refractivity contribution in [3.8, 4) is 5.75 Å². The van der Waals surface area contributed by atoms with Crippen molar-refractivity contribution in [2.45, 2.75) is 6.61 Å². The van der Waals surface area contributed by atoms with E-state index in [1.807, 2.05) is 60.7 Å². The highest BCUT2D eigenvalue weighted by molar-refractivity contribution is 9.11. The van der Waals surface area contributed by atoms with Gasteiger partial charge in [0.2, 0.25) is 5.90 Å². The summed E-state index contributed by atoms with van der Waals surface area (Å²) in [4.78, 5) is 16.6. The van der Waals surface area contributed by atoms with Crippen molar-refractivity contribution in [1.29, 1.82) is 0 Å². The van der Waals surface area contributed by atoms with E-state index in [-0.39, 0.29) is 11.6 Å². The summed E-state index contributed by atoms with van der Waals surface area (Å²) in [7, 11) is 0. The number of nitrogens with zero attached hydrogens (tertiary/aromatic N) is 1. The molecule has 0 N–H and O–H groups in total. The number of carbonyl (C=O) groups is 1. The Morgan fingerprint density at radius 3 is 2.35 bits per heavy atom.